The largest absolute Gasteiger partial charge is 0.385 e. The van der Waals surface area contributed by atoms with Gasteiger partial charge in [-0.1, -0.05) is 44.2 Å². The van der Waals surface area contributed by atoms with Crippen molar-refractivity contribution in [3.63, 3.8) is 0 Å². The number of unbranched alkanes of at least 4 members (excludes halogenated alkanes) is 1. The van der Waals surface area contributed by atoms with Gasteiger partial charge in [0.2, 0.25) is 0 Å². The molecule has 1 aromatic carbocycles. The number of hydrogen-bond donors (Lipinski definition) is 3. The Morgan fingerprint density at radius 3 is 2.76 bits per heavy atom. The molecule has 4 atom stereocenters. The smallest absolute Gasteiger partial charge is 0.317 e. The predicted octanol–water partition coefficient (Wildman–Crippen LogP) is 4.95. The maximum atomic E-state index is 15.0. The molecule has 8 heteroatoms. The van der Waals surface area contributed by atoms with Crippen molar-refractivity contribution in [3.05, 3.63) is 35.4 Å². The third-order valence-electron chi connectivity index (χ3n) is 9.06. The van der Waals surface area contributed by atoms with Crippen LogP contribution in [0.15, 0.2) is 18.2 Å². The number of nitrogens with zero attached hydrogens (tertiary/aromatic N) is 1. The Kier molecular flexibility index (Phi) is 10.2. The Balaban J connectivity index is 1.47. The van der Waals surface area contributed by atoms with E-state index >= 15 is 0 Å². The number of likely N-dealkylation sites (tertiary alicyclic amines) is 1. The molecule has 2 saturated heterocycles. The zero-order valence-electron chi connectivity index (χ0n) is 22.3. The molecule has 1 aromatic rings. The normalized spacial score (nSPS) is 27.0. The molecule has 0 bridgehead atoms. The van der Waals surface area contributed by atoms with Crippen molar-refractivity contribution in [2.75, 3.05) is 39.9 Å². The Morgan fingerprint density at radius 1 is 1.16 bits per heavy atom. The average Bonchev–Trinajstić information content (AvgIpc) is 2.93. The van der Waals surface area contributed by atoms with Gasteiger partial charge in [-0.25, -0.2) is 13.6 Å². The van der Waals surface area contributed by atoms with Gasteiger partial charge in [-0.3, -0.25) is 0 Å². The monoisotopic (exact) mass is 521 g/mol. The number of nitrogens with one attached hydrogen (secondary N) is 2. The summed E-state index contributed by atoms with van der Waals surface area (Å²) in [5.74, 6) is -1.18. The number of carbonyl (C=O) groups excluding carboxylic acids is 1. The standard InChI is InChI=1S/C29H45F2N3O3/c1-37-18-6-5-15-29(36,24-12-7-13-25(30)27(24)31)22-11-8-17-34(20-22)28(35)33-26-19-32-16-14-23(26)21-9-3-2-4-10-21/h7,12-13,21-23,26,32,36H,2-6,8-11,14-20H2,1H3,(H,33,35)/t22-,23?,26?,29+/m1/s1. The summed E-state index contributed by atoms with van der Waals surface area (Å²) in [5, 5.41) is 18.7. The highest BCUT2D eigenvalue weighted by Gasteiger charge is 2.43. The van der Waals surface area contributed by atoms with E-state index in [1.165, 1.54) is 44.2 Å². The van der Waals surface area contributed by atoms with E-state index < -0.39 is 17.2 Å². The van der Waals surface area contributed by atoms with Crippen molar-refractivity contribution < 1.29 is 23.4 Å². The van der Waals surface area contributed by atoms with Crippen LogP contribution in [0.25, 0.3) is 0 Å². The Labute approximate surface area is 220 Å². The number of piperidine rings is 2. The Bertz CT molecular complexity index is 882. The van der Waals surface area contributed by atoms with Gasteiger partial charge in [-0.05, 0) is 63.0 Å². The first-order valence-electron chi connectivity index (χ1n) is 14.4. The summed E-state index contributed by atoms with van der Waals surface area (Å²) in [5.41, 5.74) is -1.57. The number of ether oxygens (including phenoxy) is 1. The van der Waals surface area contributed by atoms with E-state index in [0.717, 1.165) is 25.6 Å². The summed E-state index contributed by atoms with van der Waals surface area (Å²) in [6, 6.07) is 3.99. The van der Waals surface area contributed by atoms with E-state index in [9.17, 15) is 18.7 Å². The summed E-state index contributed by atoms with van der Waals surface area (Å²) < 4.78 is 34.3. The molecular weight excluding hydrogens is 476 g/mol. The highest BCUT2D eigenvalue weighted by atomic mass is 19.2. The number of methoxy groups -OCH3 is 1. The van der Waals surface area contributed by atoms with Crippen molar-refractivity contribution in [1.29, 1.82) is 0 Å². The highest BCUT2D eigenvalue weighted by molar-refractivity contribution is 5.74. The van der Waals surface area contributed by atoms with Crippen LogP contribution in [0.5, 0.6) is 0 Å². The van der Waals surface area contributed by atoms with Gasteiger partial charge in [-0.15, -0.1) is 0 Å². The molecule has 2 aliphatic heterocycles. The molecule has 2 heterocycles. The zero-order chi connectivity index (χ0) is 26.3. The third kappa shape index (κ3) is 6.82. The number of carbonyl (C=O) groups is 1. The number of hydrogen-bond acceptors (Lipinski definition) is 4. The van der Waals surface area contributed by atoms with E-state index in [-0.39, 0.29) is 30.0 Å². The second kappa shape index (κ2) is 13.3. The second-order valence-electron chi connectivity index (χ2n) is 11.4. The molecule has 208 valence electrons. The number of rotatable bonds is 9. The second-order valence-corrected chi connectivity index (χ2v) is 11.4. The van der Waals surface area contributed by atoms with Crippen LogP contribution < -0.4 is 10.6 Å². The molecule has 1 saturated carbocycles. The van der Waals surface area contributed by atoms with Crippen molar-refractivity contribution in [1.82, 2.24) is 15.5 Å². The predicted molar refractivity (Wildman–Crippen MR) is 140 cm³/mol. The van der Waals surface area contributed by atoms with Gasteiger partial charge in [0.05, 0.1) is 5.60 Å². The summed E-state index contributed by atoms with van der Waals surface area (Å²) >= 11 is 0. The van der Waals surface area contributed by atoms with Crippen LogP contribution in [0.3, 0.4) is 0 Å². The fraction of sp³-hybridized carbons (Fsp3) is 0.759. The highest BCUT2D eigenvalue weighted by Crippen LogP contribution is 2.41. The van der Waals surface area contributed by atoms with Gasteiger partial charge in [0.15, 0.2) is 11.6 Å². The molecule has 1 aliphatic carbocycles. The summed E-state index contributed by atoms with van der Waals surface area (Å²) in [6.45, 7) is 3.23. The van der Waals surface area contributed by atoms with Crippen LogP contribution in [0, 0.1) is 29.4 Å². The Hall–Kier alpha value is -1.77. The molecule has 0 aromatic heterocycles. The van der Waals surface area contributed by atoms with Crippen molar-refractivity contribution in [2.45, 2.75) is 82.3 Å². The maximum absolute atomic E-state index is 15.0. The van der Waals surface area contributed by atoms with Crippen LogP contribution >= 0.6 is 0 Å². The number of halogens is 2. The van der Waals surface area contributed by atoms with Crippen molar-refractivity contribution >= 4 is 6.03 Å². The van der Waals surface area contributed by atoms with Gasteiger partial charge >= 0.3 is 6.03 Å². The first-order valence-corrected chi connectivity index (χ1v) is 14.4. The maximum Gasteiger partial charge on any atom is 0.317 e. The fourth-order valence-corrected chi connectivity index (χ4v) is 7.00. The van der Waals surface area contributed by atoms with Crippen LogP contribution in [0.4, 0.5) is 13.6 Å². The Morgan fingerprint density at radius 2 is 1.97 bits per heavy atom. The zero-order valence-corrected chi connectivity index (χ0v) is 22.3. The number of aliphatic hydroxyl groups is 1. The molecule has 37 heavy (non-hydrogen) atoms. The fourth-order valence-electron chi connectivity index (χ4n) is 7.00. The molecule has 2 amide bonds. The van der Waals surface area contributed by atoms with E-state index in [2.05, 4.69) is 10.6 Å². The average molecular weight is 522 g/mol. The van der Waals surface area contributed by atoms with Crippen molar-refractivity contribution in [3.8, 4) is 0 Å². The minimum Gasteiger partial charge on any atom is -0.385 e. The van der Waals surface area contributed by atoms with Gasteiger partial charge < -0.3 is 25.4 Å². The molecule has 2 unspecified atom stereocenters. The minimum absolute atomic E-state index is 0.00832. The quantitative estimate of drug-likeness (QED) is 0.402. The molecule has 0 spiro atoms. The third-order valence-corrected chi connectivity index (χ3v) is 9.06. The van der Waals surface area contributed by atoms with Crippen LogP contribution in [0.1, 0.15) is 76.2 Å². The molecule has 3 fully saturated rings. The van der Waals surface area contributed by atoms with Crippen LogP contribution in [-0.2, 0) is 10.3 Å². The minimum atomic E-state index is -1.56. The van der Waals surface area contributed by atoms with Gasteiger partial charge in [-0.2, -0.15) is 0 Å². The number of amides is 2. The summed E-state index contributed by atoms with van der Waals surface area (Å²) in [7, 11) is 1.62. The molecular formula is C29H45F2N3O3. The van der Waals surface area contributed by atoms with Gasteiger partial charge in [0, 0.05) is 50.9 Å². The van der Waals surface area contributed by atoms with Crippen molar-refractivity contribution in [2.24, 2.45) is 17.8 Å². The lowest BCUT2D eigenvalue weighted by Crippen LogP contribution is -2.58. The van der Waals surface area contributed by atoms with E-state index in [1.807, 2.05) is 0 Å². The summed E-state index contributed by atoms with van der Waals surface area (Å²) in [4.78, 5) is 15.3. The van der Waals surface area contributed by atoms with Crippen LogP contribution in [-0.4, -0.2) is 62.0 Å². The SMILES string of the molecule is COCCCC[C@@](O)(c1cccc(F)c1F)[C@@H]1CCCN(C(=O)NC2CNCCC2C2CCCCC2)C1. The molecule has 6 nitrogen and oxygen atoms in total. The van der Waals surface area contributed by atoms with E-state index in [4.69, 9.17) is 4.74 Å². The summed E-state index contributed by atoms with van der Waals surface area (Å²) in [6.07, 6.45) is 10.4. The lowest BCUT2D eigenvalue weighted by Gasteiger charge is -2.44. The van der Waals surface area contributed by atoms with E-state index in [0.29, 0.717) is 57.2 Å². The van der Waals surface area contributed by atoms with E-state index in [1.54, 1.807) is 12.0 Å². The lowest BCUT2D eigenvalue weighted by molar-refractivity contribution is -0.0592. The van der Waals surface area contributed by atoms with Crippen LogP contribution in [0.2, 0.25) is 0 Å². The molecule has 4 rings (SSSR count). The molecule has 3 aliphatic rings. The first-order chi connectivity index (χ1) is 17.9. The topological polar surface area (TPSA) is 73.8 Å². The first kappa shape index (κ1) is 28.2. The molecule has 0 radical (unpaired) electrons. The number of benzene rings is 1. The number of urea groups is 1. The molecule has 3 N–H and O–H groups in total. The lowest BCUT2D eigenvalue weighted by atomic mass is 9.73. The van der Waals surface area contributed by atoms with Gasteiger partial charge in [0.25, 0.3) is 0 Å². The van der Waals surface area contributed by atoms with Gasteiger partial charge in [0.1, 0.15) is 0 Å².